The van der Waals surface area contributed by atoms with Crippen molar-refractivity contribution in [3.05, 3.63) is 59.7 Å². The molecule has 0 radical (unpaired) electrons. The van der Waals surface area contributed by atoms with Gasteiger partial charge in [-0.2, -0.15) is 5.26 Å². The molecule has 3 rings (SSSR count). The average molecular weight is 400 g/mol. The van der Waals surface area contributed by atoms with Crippen LogP contribution in [0.3, 0.4) is 0 Å². The quantitative estimate of drug-likeness (QED) is 0.466. The number of aliphatic hydroxyl groups is 2. The predicted molar refractivity (Wildman–Crippen MR) is 115 cm³/mol. The lowest BCUT2D eigenvalue weighted by Gasteiger charge is -2.38. The smallest absolute Gasteiger partial charge is 0.100 e. The van der Waals surface area contributed by atoms with Gasteiger partial charge in [0.25, 0.3) is 0 Å². The molecule has 0 saturated carbocycles. The third-order valence-electron chi connectivity index (χ3n) is 5.21. The van der Waals surface area contributed by atoms with E-state index in [-0.39, 0.29) is 32.0 Å². The van der Waals surface area contributed by atoms with Crippen molar-refractivity contribution in [3.63, 3.8) is 0 Å². The number of halogens is 1. The minimum atomic E-state index is -0.308. The van der Waals surface area contributed by atoms with Gasteiger partial charge in [0.1, 0.15) is 6.07 Å². The number of fused-ring (bicyclic) bond motifs is 2. The zero-order valence-electron chi connectivity index (χ0n) is 16.2. The number of hydrogen-bond donors (Lipinski definition) is 2. The van der Waals surface area contributed by atoms with E-state index in [2.05, 4.69) is 6.07 Å². The molecule has 0 aliphatic carbocycles. The lowest BCUT2D eigenvalue weighted by Crippen LogP contribution is -2.42. The van der Waals surface area contributed by atoms with Gasteiger partial charge in [-0.15, -0.1) is 12.4 Å². The summed E-state index contributed by atoms with van der Waals surface area (Å²) >= 11 is 0. The van der Waals surface area contributed by atoms with Crippen molar-refractivity contribution >= 4 is 34.0 Å². The summed E-state index contributed by atoms with van der Waals surface area (Å²) in [4.78, 5) is 3.83. The predicted octanol–water partition coefficient (Wildman–Crippen LogP) is 3.83. The van der Waals surface area contributed by atoms with Crippen LogP contribution in [0.4, 0.5) is 0 Å². The monoisotopic (exact) mass is 399 g/mol. The number of nitrogens with zero attached hydrogens (tertiary/aromatic N) is 3. The molecule has 6 heteroatoms. The first-order valence-electron chi connectivity index (χ1n) is 9.24. The maximum atomic E-state index is 10.0. The molecule has 28 heavy (non-hydrogen) atoms. The van der Waals surface area contributed by atoms with Crippen LogP contribution in [0.15, 0.2) is 48.5 Å². The molecule has 0 aliphatic rings. The van der Waals surface area contributed by atoms with Crippen molar-refractivity contribution in [1.82, 2.24) is 9.80 Å². The van der Waals surface area contributed by atoms with Crippen LogP contribution in [0.1, 0.15) is 31.1 Å². The second kappa shape index (κ2) is 9.83. The molecule has 2 N–H and O–H groups in total. The maximum absolute atomic E-state index is 10.0. The molecule has 0 unspecified atom stereocenters. The van der Waals surface area contributed by atoms with Crippen LogP contribution in [0.25, 0.3) is 21.5 Å². The minimum Gasteiger partial charge on any atom is -0.381 e. The van der Waals surface area contributed by atoms with Gasteiger partial charge in [0.15, 0.2) is 0 Å². The van der Waals surface area contributed by atoms with Gasteiger partial charge in [-0.25, -0.2) is 0 Å². The summed E-state index contributed by atoms with van der Waals surface area (Å²) in [7, 11) is 0. The van der Waals surface area contributed by atoms with E-state index in [4.69, 9.17) is 0 Å². The Morgan fingerprint density at radius 1 is 0.821 bits per heavy atom. The zero-order chi connectivity index (χ0) is 19.4. The summed E-state index contributed by atoms with van der Waals surface area (Å²) in [6.45, 7) is 4.98. The van der Waals surface area contributed by atoms with E-state index in [0.717, 1.165) is 27.1 Å². The van der Waals surface area contributed by atoms with Crippen LogP contribution in [0.5, 0.6) is 0 Å². The van der Waals surface area contributed by atoms with Gasteiger partial charge >= 0.3 is 0 Å². The second-order valence-electron chi connectivity index (χ2n) is 6.46. The molecular weight excluding hydrogens is 374 g/mol. The Labute approximate surface area is 171 Å². The maximum Gasteiger partial charge on any atom is 0.100 e. The highest BCUT2D eigenvalue weighted by atomic mass is 35.5. The van der Waals surface area contributed by atoms with E-state index in [0.29, 0.717) is 18.7 Å². The van der Waals surface area contributed by atoms with Crippen molar-refractivity contribution < 1.29 is 10.2 Å². The fourth-order valence-corrected chi connectivity index (χ4v) is 3.86. The first-order chi connectivity index (χ1) is 13.2. The van der Waals surface area contributed by atoms with Crippen LogP contribution in [-0.4, -0.2) is 46.6 Å². The summed E-state index contributed by atoms with van der Waals surface area (Å²) in [5.74, 6) is 0. The first-order valence-corrected chi connectivity index (χ1v) is 9.24. The zero-order valence-corrected chi connectivity index (χ0v) is 17.0. The first kappa shape index (κ1) is 22.1. The lowest BCUT2D eigenvalue weighted by molar-refractivity contribution is -0.0447. The molecule has 0 amide bonds. The normalized spacial score (nSPS) is 11.4. The minimum absolute atomic E-state index is 0. The molecule has 0 spiro atoms. The van der Waals surface area contributed by atoms with Gasteiger partial charge in [0.2, 0.25) is 0 Å². The molecule has 0 atom stereocenters. The largest absolute Gasteiger partial charge is 0.381 e. The summed E-state index contributed by atoms with van der Waals surface area (Å²) in [5, 5.41) is 33.6. The fourth-order valence-electron chi connectivity index (χ4n) is 3.86. The number of nitriles is 1. The van der Waals surface area contributed by atoms with Crippen molar-refractivity contribution in [2.45, 2.75) is 20.0 Å². The molecule has 0 aromatic heterocycles. The molecule has 3 aromatic rings. The third kappa shape index (κ3) is 3.70. The van der Waals surface area contributed by atoms with Crippen molar-refractivity contribution in [2.75, 3.05) is 26.6 Å². The third-order valence-corrected chi connectivity index (χ3v) is 5.21. The molecule has 3 aromatic carbocycles. The fraction of sp³-hybridized carbons (Fsp3) is 0.318. The Kier molecular flexibility index (Phi) is 7.76. The number of benzene rings is 3. The van der Waals surface area contributed by atoms with Gasteiger partial charge in [-0.05, 0) is 29.4 Å². The van der Waals surface area contributed by atoms with Gasteiger partial charge in [0, 0.05) is 10.8 Å². The molecule has 0 aliphatic heterocycles. The van der Waals surface area contributed by atoms with E-state index in [9.17, 15) is 15.5 Å². The van der Waals surface area contributed by atoms with E-state index in [1.54, 1.807) is 0 Å². The Hall–Kier alpha value is -2.20. The molecular formula is C22H26ClN3O2. The van der Waals surface area contributed by atoms with Gasteiger partial charge in [-0.3, -0.25) is 9.80 Å². The van der Waals surface area contributed by atoms with Crippen molar-refractivity contribution in [1.29, 1.82) is 5.26 Å². The number of rotatable bonds is 7. The summed E-state index contributed by atoms with van der Waals surface area (Å²) in [6, 6.07) is 18.1. The van der Waals surface area contributed by atoms with Crippen LogP contribution >= 0.6 is 12.4 Å². The molecule has 0 fully saturated rings. The average Bonchev–Trinajstić information content (AvgIpc) is 2.72. The van der Waals surface area contributed by atoms with Crippen LogP contribution in [0.2, 0.25) is 0 Å². The van der Waals surface area contributed by atoms with E-state index < -0.39 is 0 Å². The lowest BCUT2D eigenvalue weighted by atomic mass is 9.90. The standard InChI is InChI=1S/C22H25N3O2.ClH/c1-3-24(14-26)22(25(4-2)15-27)21-18-11-7-5-9-16(18)20(13-23)17-10-6-8-12-19(17)21;/h5-12,22,26-27H,3-4,14-15H2,1-2H3;1H. The molecule has 0 bridgehead atoms. The molecule has 148 valence electrons. The molecule has 0 saturated heterocycles. The van der Waals surface area contributed by atoms with Crippen LogP contribution < -0.4 is 0 Å². The highest BCUT2D eigenvalue weighted by Gasteiger charge is 2.29. The summed E-state index contributed by atoms with van der Waals surface area (Å²) < 4.78 is 0. The van der Waals surface area contributed by atoms with Crippen LogP contribution in [0, 0.1) is 11.3 Å². The second-order valence-corrected chi connectivity index (χ2v) is 6.46. The Morgan fingerprint density at radius 2 is 1.21 bits per heavy atom. The van der Waals surface area contributed by atoms with E-state index in [1.165, 1.54) is 0 Å². The molecule has 0 heterocycles. The van der Waals surface area contributed by atoms with Gasteiger partial charge in [-0.1, -0.05) is 62.4 Å². The van der Waals surface area contributed by atoms with Crippen molar-refractivity contribution in [3.8, 4) is 6.07 Å². The van der Waals surface area contributed by atoms with E-state index >= 15 is 0 Å². The SMILES string of the molecule is CCN(CO)C(c1c2ccccc2c(C#N)c2ccccc12)N(CC)CO.Cl. The number of aliphatic hydroxyl groups excluding tert-OH is 2. The Bertz CT molecular complexity index is 910. The summed E-state index contributed by atoms with van der Waals surface area (Å²) in [6.07, 6.45) is -0.308. The van der Waals surface area contributed by atoms with Gasteiger partial charge in [0.05, 0.1) is 25.2 Å². The Balaban J connectivity index is 0.00000280. The van der Waals surface area contributed by atoms with Crippen LogP contribution in [-0.2, 0) is 0 Å². The summed E-state index contributed by atoms with van der Waals surface area (Å²) in [5.41, 5.74) is 1.66. The van der Waals surface area contributed by atoms with Crippen molar-refractivity contribution in [2.24, 2.45) is 0 Å². The highest BCUT2D eigenvalue weighted by Crippen LogP contribution is 2.39. The van der Waals surface area contributed by atoms with E-state index in [1.807, 2.05) is 72.2 Å². The highest BCUT2D eigenvalue weighted by molar-refractivity contribution is 6.07. The van der Waals surface area contributed by atoms with Gasteiger partial charge < -0.3 is 10.2 Å². The number of hydrogen-bond acceptors (Lipinski definition) is 5. The Morgan fingerprint density at radius 3 is 1.54 bits per heavy atom. The molecule has 5 nitrogen and oxygen atoms in total. The topological polar surface area (TPSA) is 70.7 Å².